The third-order valence-electron chi connectivity index (χ3n) is 3.12. The molecule has 19 heavy (non-hydrogen) atoms. The Labute approximate surface area is 112 Å². The molecule has 3 N–H and O–H groups in total. The lowest BCUT2D eigenvalue weighted by atomic mass is 10.2. The fraction of sp³-hybridized carbons (Fsp3) is 0.417. The SMILES string of the molecule is Cc1cc(N)cc(S(=O)(=O)N2CCNC(=O)C2C)c1. The van der Waals surface area contributed by atoms with Crippen LogP contribution in [0.2, 0.25) is 0 Å². The molecule has 1 aromatic rings. The van der Waals surface area contributed by atoms with E-state index in [9.17, 15) is 13.2 Å². The number of piperazine rings is 1. The Bertz CT molecular complexity index is 592. The van der Waals surface area contributed by atoms with Crippen molar-refractivity contribution in [1.82, 2.24) is 9.62 Å². The van der Waals surface area contributed by atoms with Crippen LogP contribution >= 0.6 is 0 Å². The number of rotatable bonds is 2. The Kier molecular flexibility index (Phi) is 3.51. The molecule has 7 heteroatoms. The average molecular weight is 283 g/mol. The summed E-state index contributed by atoms with van der Waals surface area (Å²) in [6, 6.07) is 3.97. The van der Waals surface area contributed by atoms with Gasteiger partial charge in [0.25, 0.3) is 0 Å². The van der Waals surface area contributed by atoms with Gasteiger partial charge in [0.15, 0.2) is 0 Å². The zero-order valence-electron chi connectivity index (χ0n) is 10.9. The highest BCUT2D eigenvalue weighted by Crippen LogP contribution is 2.22. The van der Waals surface area contributed by atoms with E-state index in [1.807, 2.05) is 0 Å². The number of anilines is 1. The van der Waals surface area contributed by atoms with Gasteiger partial charge in [0.2, 0.25) is 15.9 Å². The molecule has 1 aliphatic heterocycles. The number of aryl methyl sites for hydroxylation is 1. The number of carbonyl (C=O) groups excluding carboxylic acids is 1. The summed E-state index contributed by atoms with van der Waals surface area (Å²) in [5.74, 6) is -0.282. The molecule has 0 spiro atoms. The van der Waals surface area contributed by atoms with Crippen molar-refractivity contribution in [3.8, 4) is 0 Å². The molecule has 0 saturated carbocycles. The normalized spacial score (nSPS) is 21.2. The van der Waals surface area contributed by atoms with Gasteiger partial charge >= 0.3 is 0 Å². The number of nitrogens with zero attached hydrogens (tertiary/aromatic N) is 1. The minimum Gasteiger partial charge on any atom is -0.399 e. The van der Waals surface area contributed by atoms with E-state index in [0.717, 1.165) is 5.56 Å². The van der Waals surface area contributed by atoms with Crippen LogP contribution < -0.4 is 11.1 Å². The van der Waals surface area contributed by atoms with E-state index in [2.05, 4.69) is 5.32 Å². The van der Waals surface area contributed by atoms with Crippen molar-refractivity contribution in [2.24, 2.45) is 0 Å². The fourth-order valence-electron chi connectivity index (χ4n) is 2.15. The van der Waals surface area contributed by atoms with Gasteiger partial charge in [-0.3, -0.25) is 4.79 Å². The lowest BCUT2D eigenvalue weighted by molar-refractivity contribution is -0.126. The first-order valence-corrected chi connectivity index (χ1v) is 7.43. The summed E-state index contributed by atoms with van der Waals surface area (Å²) in [4.78, 5) is 11.7. The van der Waals surface area contributed by atoms with Gasteiger partial charge < -0.3 is 11.1 Å². The molecule has 0 aliphatic carbocycles. The van der Waals surface area contributed by atoms with Crippen LogP contribution in [0.25, 0.3) is 0 Å². The second-order valence-electron chi connectivity index (χ2n) is 4.66. The number of sulfonamides is 1. The maximum atomic E-state index is 12.5. The van der Waals surface area contributed by atoms with Gasteiger partial charge in [-0.1, -0.05) is 0 Å². The summed E-state index contributed by atoms with van der Waals surface area (Å²) < 4.78 is 26.3. The van der Waals surface area contributed by atoms with Crippen molar-refractivity contribution >= 4 is 21.6 Å². The number of hydrogen-bond donors (Lipinski definition) is 2. The first kappa shape index (κ1) is 13.8. The molecule has 2 rings (SSSR count). The molecule has 1 aromatic carbocycles. The molecule has 1 fully saturated rings. The van der Waals surface area contributed by atoms with Gasteiger partial charge in [0.05, 0.1) is 4.90 Å². The van der Waals surface area contributed by atoms with Gasteiger partial charge in [0.1, 0.15) is 6.04 Å². The largest absolute Gasteiger partial charge is 0.399 e. The summed E-state index contributed by atoms with van der Waals surface area (Å²) in [7, 11) is -3.70. The van der Waals surface area contributed by atoms with E-state index in [1.165, 1.54) is 10.4 Å². The number of hydrogen-bond acceptors (Lipinski definition) is 4. The Morgan fingerprint density at radius 1 is 1.37 bits per heavy atom. The standard InChI is InChI=1S/C12H17N3O3S/c1-8-5-10(13)7-11(6-8)19(17,18)15-4-3-14-12(16)9(15)2/h5-7,9H,3-4,13H2,1-2H3,(H,14,16). The molecular weight excluding hydrogens is 266 g/mol. The average Bonchev–Trinajstić information content (AvgIpc) is 2.31. The van der Waals surface area contributed by atoms with Gasteiger partial charge in [-0.15, -0.1) is 0 Å². The van der Waals surface area contributed by atoms with Gasteiger partial charge in [-0.05, 0) is 37.6 Å². The number of amides is 1. The molecule has 1 unspecified atom stereocenters. The predicted molar refractivity (Wildman–Crippen MR) is 72.0 cm³/mol. The minimum atomic E-state index is -3.70. The van der Waals surface area contributed by atoms with Crippen molar-refractivity contribution in [2.45, 2.75) is 24.8 Å². The Morgan fingerprint density at radius 3 is 2.68 bits per heavy atom. The summed E-state index contributed by atoms with van der Waals surface area (Å²) in [6.07, 6.45) is 0. The molecule has 1 amide bonds. The van der Waals surface area contributed by atoms with Crippen LogP contribution in [0.1, 0.15) is 12.5 Å². The highest BCUT2D eigenvalue weighted by Gasteiger charge is 2.35. The highest BCUT2D eigenvalue weighted by molar-refractivity contribution is 7.89. The third kappa shape index (κ3) is 2.57. The zero-order chi connectivity index (χ0) is 14.2. The lowest BCUT2D eigenvalue weighted by Crippen LogP contribution is -2.55. The van der Waals surface area contributed by atoms with E-state index in [1.54, 1.807) is 26.0 Å². The molecule has 0 bridgehead atoms. The molecule has 0 radical (unpaired) electrons. The van der Waals surface area contributed by atoms with Crippen molar-refractivity contribution in [1.29, 1.82) is 0 Å². The summed E-state index contributed by atoms with van der Waals surface area (Å²) in [5, 5.41) is 2.64. The fourth-order valence-corrected chi connectivity index (χ4v) is 3.88. The molecule has 1 atom stereocenters. The molecule has 1 aliphatic rings. The second-order valence-corrected chi connectivity index (χ2v) is 6.55. The van der Waals surface area contributed by atoms with Gasteiger partial charge in [-0.25, -0.2) is 8.42 Å². The minimum absolute atomic E-state index is 0.131. The van der Waals surface area contributed by atoms with E-state index >= 15 is 0 Å². The van der Waals surface area contributed by atoms with Crippen LogP contribution in [0.4, 0.5) is 5.69 Å². The van der Waals surface area contributed by atoms with Crippen LogP contribution in [-0.2, 0) is 14.8 Å². The Balaban J connectivity index is 2.44. The number of nitrogens with two attached hydrogens (primary N) is 1. The smallest absolute Gasteiger partial charge is 0.243 e. The number of nitrogens with one attached hydrogen (secondary N) is 1. The molecule has 1 saturated heterocycles. The van der Waals surface area contributed by atoms with Crippen LogP contribution in [0.15, 0.2) is 23.1 Å². The topological polar surface area (TPSA) is 92.5 Å². The van der Waals surface area contributed by atoms with Crippen molar-refractivity contribution < 1.29 is 13.2 Å². The zero-order valence-corrected chi connectivity index (χ0v) is 11.7. The highest BCUT2D eigenvalue weighted by atomic mass is 32.2. The maximum absolute atomic E-state index is 12.5. The monoisotopic (exact) mass is 283 g/mol. The third-order valence-corrected chi connectivity index (χ3v) is 5.07. The maximum Gasteiger partial charge on any atom is 0.243 e. The van der Waals surface area contributed by atoms with E-state index in [-0.39, 0.29) is 17.3 Å². The van der Waals surface area contributed by atoms with Crippen molar-refractivity contribution in [2.75, 3.05) is 18.8 Å². The van der Waals surface area contributed by atoms with Crippen LogP contribution in [-0.4, -0.2) is 37.8 Å². The first-order chi connectivity index (χ1) is 8.82. The summed E-state index contributed by atoms with van der Waals surface area (Å²) in [5.41, 5.74) is 6.85. The number of nitrogen functional groups attached to an aromatic ring is 1. The predicted octanol–water partition coefficient (Wildman–Crippen LogP) is 0.0862. The molecule has 0 aromatic heterocycles. The molecule has 6 nitrogen and oxygen atoms in total. The second kappa shape index (κ2) is 4.82. The quantitative estimate of drug-likeness (QED) is 0.752. The molecule has 104 valence electrons. The van der Waals surface area contributed by atoms with Crippen LogP contribution in [0, 0.1) is 6.92 Å². The molecular formula is C12H17N3O3S. The summed E-state index contributed by atoms with van der Waals surface area (Å²) >= 11 is 0. The van der Waals surface area contributed by atoms with Gasteiger partial charge in [0, 0.05) is 18.8 Å². The van der Waals surface area contributed by atoms with Crippen LogP contribution in [0.3, 0.4) is 0 Å². The van der Waals surface area contributed by atoms with Crippen LogP contribution in [0.5, 0.6) is 0 Å². The van der Waals surface area contributed by atoms with E-state index in [4.69, 9.17) is 5.73 Å². The summed E-state index contributed by atoms with van der Waals surface area (Å²) in [6.45, 7) is 3.94. The van der Waals surface area contributed by atoms with Crippen molar-refractivity contribution in [3.63, 3.8) is 0 Å². The number of carbonyl (C=O) groups is 1. The van der Waals surface area contributed by atoms with E-state index < -0.39 is 16.1 Å². The lowest BCUT2D eigenvalue weighted by Gasteiger charge is -2.31. The Morgan fingerprint density at radius 2 is 2.05 bits per heavy atom. The molecule has 1 heterocycles. The van der Waals surface area contributed by atoms with Gasteiger partial charge in [-0.2, -0.15) is 4.31 Å². The first-order valence-electron chi connectivity index (χ1n) is 5.99. The Hall–Kier alpha value is -1.60. The number of benzene rings is 1. The van der Waals surface area contributed by atoms with E-state index in [0.29, 0.717) is 12.2 Å². The van der Waals surface area contributed by atoms with Crippen molar-refractivity contribution in [3.05, 3.63) is 23.8 Å².